The summed E-state index contributed by atoms with van der Waals surface area (Å²) in [6, 6.07) is 10.9. The van der Waals surface area contributed by atoms with Crippen molar-refractivity contribution in [3.63, 3.8) is 0 Å². The summed E-state index contributed by atoms with van der Waals surface area (Å²) in [6.45, 7) is 11.6. The maximum absolute atomic E-state index is 12.2. The second-order valence-electron chi connectivity index (χ2n) is 7.53. The summed E-state index contributed by atoms with van der Waals surface area (Å²) in [5.41, 5.74) is 1.28. The molecule has 2 heterocycles. The number of rotatable bonds is 6. The molecule has 0 radical (unpaired) electrons. The maximum atomic E-state index is 12.2. The van der Waals surface area contributed by atoms with Gasteiger partial charge >= 0.3 is 5.97 Å². The number of hydrogen-bond acceptors (Lipinski definition) is 3. The predicted molar refractivity (Wildman–Crippen MR) is 108 cm³/mol. The van der Waals surface area contributed by atoms with Gasteiger partial charge in [-0.25, -0.2) is 0 Å². The van der Waals surface area contributed by atoms with E-state index in [1.54, 1.807) is 0 Å². The molecule has 0 saturated carbocycles. The molecule has 1 aromatic rings. The summed E-state index contributed by atoms with van der Waals surface area (Å²) < 4.78 is 5.67. The van der Waals surface area contributed by atoms with Crippen LogP contribution >= 0.6 is 0 Å². The number of esters is 1. The number of ether oxygens (including phenoxy) is 1. The van der Waals surface area contributed by atoms with E-state index in [4.69, 9.17) is 4.74 Å². The van der Waals surface area contributed by atoms with Gasteiger partial charge in [-0.1, -0.05) is 58.0 Å². The monoisotopic (exact) mass is 359 g/mol. The van der Waals surface area contributed by atoms with E-state index in [0.717, 1.165) is 45.3 Å². The minimum atomic E-state index is -0.203. The van der Waals surface area contributed by atoms with E-state index in [9.17, 15) is 4.79 Å². The lowest BCUT2D eigenvalue weighted by molar-refractivity contribution is -0.149. The van der Waals surface area contributed by atoms with Crippen molar-refractivity contribution in [1.82, 2.24) is 4.90 Å². The highest BCUT2D eigenvalue weighted by atomic mass is 16.6. The van der Waals surface area contributed by atoms with Gasteiger partial charge in [-0.05, 0) is 56.7 Å². The smallest absolute Gasteiger partial charge is 0.312 e. The van der Waals surface area contributed by atoms with Gasteiger partial charge in [0, 0.05) is 13.0 Å². The molecule has 146 valence electrons. The number of piperidine rings is 1. The molecular weight excluding hydrogens is 322 g/mol. The normalized spacial score (nSPS) is 23.2. The van der Waals surface area contributed by atoms with Gasteiger partial charge in [-0.2, -0.15) is 0 Å². The topological polar surface area (TPSA) is 29.5 Å². The Balaban J connectivity index is 0.00000117. The first-order chi connectivity index (χ1) is 12.7. The average molecular weight is 360 g/mol. The molecule has 0 aromatic heterocycles. The van der Waals surface area contributed by atoms with Crippen molar-refractivity contribution in [2.75, 3.05) is 19.6 Å². The van der Waals surface area contributed by atoms with Gasteiger partial charge in [0.2, 0.25) is 0 Å². The van der Waals surface area contributed by atoms with E-state index in [1.165, 1.54) is 18.4 Å². The molecule has 0 aliphatic carbocycles. The van der Waals surface area contributed by atoms with Crippen LogP contribution in [0.1, 0.15) is 77.7 Å². The van der Waals surface area contributed by atoms with Crippen molar-refractivity contribution in [3.8, 4) is 0 Å². The van der Waals surface area contributed by atoms with Crippen LogP contribution in [-0.2, 0) is 9.53 Å². The molecule has 0 spiro atoms. The van der Waals surface area contributed by atoms with Crippen LogP contribution in [0, 0.1) is 5.41 Å². The number of cyclic esters (lactones) is 1. The number of benzene rings is 1. The Labute approximate surface area is 160 Å². The van der Waals surface area contributed by atoms with Crippen molar-refractivity contribution >= 4 is 5.97 Å². The lowest BCUT2D eigenvalue weighted by atomic mass is 9.79. The molecule has 2 saturated heterocycles. The third kappa shape index (κ3) is 4.88. The summed E-state index contributed by atoms with van der Waals surface area (Å²) >= 11 is 0. The van der Waals surface area contributed by atoms with E-state index in [-0.39, 0.29) is 17.5 Å². The third-order valence-electron chi connectivity index (χ3n) is 6.30. The molecule has 2 fully saturated rings. The van der Waals surface area contributed by atoms with Crippen molar-refractivity contribution in [2.45, 2.75) is 78.2 Å². The highest BCUT2D eigenvalue weighted by Gasteiger charge is 2.46. The SMILES string of the molecule is CC.CCC1(CC)CC(CCN2CCC(c3ccccc3)CC2)OC1=O. The summed E-state index contributed by atoms with van der Waals surface area (Å²) in [5.74, 6) is 0.750. The molecule has 0 amide bonds. The molecule has 1 unspecified atom stereocenters. The Morgan fingerprint density at radius 2 is 1.69 bits per heavy atom. The van der Waals surface area contributed by atoms with Gasteiger partial charge in [0.05, 0.1) is 5.41 Å². The second-order valence-corrected chi connectivity index (χ2v) is 7.53. The molecule has 1 atom stereocenters. The minimum absolute atomic E-state index is 0.0419. The molecule has 26 heavy (non-hydrogen) atoms. The van der Waals surface area contributed by atoms with Crippen LogP contribution < -0.4 is 0 Å². The Morgan fingerprint density at radius 3 is 2.23 bits per heavy atom. The number of nitrogens with zero attached hydrogens (tertiary/aromatic N) is 1. The van der Waals surface area contributed by atoms with Crippen LogP contribution in [-0.4, -0.2) is 36.6 Å². The van der Waals surface area contributed by atoms with E-state index in [2.05, 4.69) is 49.1 Å². The van der Waals surface area contributed by atoms with Crippen LogP contribution in [0.3, 0.4) is 0 Å². The van der Waals surface area contributed by atoms with Gasteiger partial charge in [0.25, 0.3) is 0 Å². The molecule has 0 bridgehead atoms. The minimum Gasteiger partial charge on any atom is -0.462 e. The van der Waals surface area contributed by atoms with Crippen molar-refractivity contribution in [3.05, 3.63) is 35.9 Å². The molecule has 3 rings (SSSR count). The lowest BCUT2D eigenvalue weighted by Crippen LogP contribution is -2.35. The largest absolute Gasteiger partial charge is 0.462 e. The van der Waals surface area contributed by atoms with Crippen molar-refractivity contribution < 1.29 is 9.53 Å². The first kappa shape index (κ1) is 21.0. The summed E-state index contributed by atoms with van der Waals surface area (Å²) in [7, 11) is 0. The fourth-order valence-electron chi connectivity index (χ4n) is 4.37. The second kappa shape index (κ2) is 10.1. The van der Waals surface area contributed by atoms with Crippen LogP contribution in [0.5, 0.6) is 0 Å². The molecular formula is C23H37NO2. The first-order valence-corrected chi connectivity index (χ1v) is 10.6. The molecule has 3 nitrogen and oxygen atoms in total. The Hall–Kier alpha value is -1.35. The van der Waals surface area contributed by atoms with Crippen molar-refractivity contribution in [2.24, 2.45) is 5.41 Å². The molecule has 2 aliphatic rings. The standard InChI is InChI=1S/C21H31NO2.C2H6/c1-3-21(4-2)16-19(24-20(21)23)12-15-22-13-10-18(11-14-22)17-8-6-5-7-9-17;1-2/h5-9,18-19H,3-4,10-16H2,1-2H3;1-2H3. The van der Waals surface area contributed by atoms with Crippen LogP contribution in [0.25, 0.3) is 0 Å². The van der Waals surface area contributed by atoms with E-state index in [1.807, 2.05) is 13.8 Å². The number of hydrogen-bond donors (Lipinski definition) is 0. The van der Waals surface area contributed by atoms with Gasteiger partial charge in [0.1, 0.15) is 6.10 Å². The maximum Gasteiger partial charge on any atom is 0.312 e. The zero-order valence-corrected chi connectivity index (χ0v) is 17.2. The van der Waals surface area contributed by atoms with Crippen LogP contribution in [0.4, 0.5) is 0 Å². The molecule has 1 aromatic carbocycles. The van der Waals surface area contributed by atoms with Gasteiger partial charge in [-0.15, -0.1) is 0 Å². The number of carbonyl (C=O) groups is 1. The zero-order chi connectivity index (χ0) is 19.0. The number of carbonyl (C=O) groups excluding carboxylic acids is 1. The number of likely N-dealkylation sites (tertiary alicyclic amines) is 1. The zero-order valence-electron chi connectivity index (χ0n) is 17.2. The van der Waals surface area contributed by atoms with Gasteiger partial charge in [0.15, 0.2) is 0 Å². The van der Waals surface area contributed by atoms with E-state index < -0.39 is 0 Å². The van der Waals surface area contributed by atoms with Crippen LogP contribution in [0.15, 0.2) is 30.3 Å². The predicted octanol–water partition coefficient (Wildman–Crippen LogP) is 5.40. The summed E-state index contributed by atoms with van der Waals surface area (Å²) in [4.78, 5) is 14.7. The van der Waals surface area contributed by atoms with E-state index in [0.29, 0.717) is 5.92 Å². The fourth-order valence-corrected chi connectivity index (χ4v) is 4.37. The lowest BCUT2D eigenvalue weighted by Gasteiger charge is -2.32. The average Bonchev–Trinajstić information content (AvgIpc) is 3.05. The Morgan fingerprint density at radius 1 is 1.08 bits per heavy atom. The van der Waals surface area contributed by atoms with Crippen molar-refractivity contribution in [1.29, 1.82) is 0 Å². The highest BCUT2D eigenvalue weighted by molar-refractivity contribution is 5.78. The molecule has 0 N–H and O–H groups in total. The summed E-state index contributed by atoms with van der Waals surface area (Å²) in [6.07, 6.45) is 6.32. The van der Waals surface area contributed by atoms with Gasteiger partial charge in [-0.3, -0.25) is 4.79 Å². The third-order valence-corrected chi connectivity index (χ3v) is 6.30. The molecule has 3 heteroatoms. The Kier molecular flexibility index (Phi) is 8.15. The summed E-state index contributed by atoms with van der Waals surface area (Å²) in [5, 5.41) is 0. The Bertz CT molecular complexity index is 530. The first-order valence-electron chi connectivity index (χ1n) is 10.6. The van der Waals surface area contributed by atoms with Crippen LogP contribution in [0.2, 0.25) is 0 Å². The molecule has 2 aliphatic heterocycles. The quantitative estimate of drug-likeness (QED) is 0.637. The fraction of sp³-hybridized carbons (Fsp3) is 0.696. The highest BCUT2D eigenvalue weighted by Crippen LogP contribution is 2.41. The van der Waals surface area contributed by atoms with Gasteiger partial charge < -0.3 is 9.64 Å². The van der Waals surface area contributed by atoms with E-state index >= 15 is 0 Å².